The Morgan fingerprint density at radius 3 is 2.74 bits per heavy atom. The van der Waals surface area contributed by atoms with Crippen molar-refractivity contribution in [3.8, 4) is 0 Å². The van der Waals surface area contributed by atoms with E-state index in [-0.39, 0.29) is 5.82 Å². The van der Waals surface area contributed by atoms with E-state index in [1.54, 1.807) is 6.92 Å². The summed E-state index contributed by atoms with van der Waals surface area (Å²) >= 11 is 0. The van der Waals surface area contributed by atoms with Crippen molar-refractivity contribution in [1.82, 2.24) is 5.32 Å². The number of rotatable bonds is 5. The molecule has 1 aromatic rings. The highest BCUT2D eigenvalue weighted by Crippen LogP contribution is 2.20. The van der Waals surface area contributed by atoms with Crippen LogP contribution in [-0.4, -0.2) is 18.9 Å². The minimum absolute atomic E-state index is 0.136. The van der Waals surface area contributed by atoms with Crippen molar-refractivity contribution >= 4 is 5.78 Å². The van der Waals surface area contributed by atoms with Crippen LogP contribution in [0.15, 0.2) is 18.2 Å². The lowest BCUT2D eigenvalue weighted by Crippen LogP contribution is -2.28. The Morgan fingerprint density at radius 2 is 2.05 bits per heavy atom. The summed E-state index contributed by atoms with van der Waals surface area (Å²) in [7, 11) is 0. The Kier molecular flexibility index (Phi) is 5.08. The molecule has 0 amide bonds. The van der Waals surface area contributed by atoms with Crippen LogP contribution >= 0.6 is 0 Å². The topological polar surface area (TPSA) is 29.1 Å². The van der Waals surface area contributed by atoms with Crippen LogP contribution in [0.4, 0.5) is 4.39 Å². The highest BCUT2D eigenvalue weighted by molar-refractivity contribution is 5.79. The van der Waals surface area contributed by atoms with E-state index in [1.807, 2.05) is 12.1 Å². The van der Waals surface area contributed by atoms with Gasteiger partial charge in [-0.3, -0.25) is 4.79 Å². The van der Waals surface area contributed by atoms with Crippen molar-refractivity contribution in [1.29, 1.82) is 0 Å². The molecule has 2 rings (SSSR count). The molecule has 0 heterocycles. The monoisotopic (exact) mass is 263 g/mol. The number of benzene rings is 1. The third-order valence-electron chi connectivity index (χ3n) is 3.91. The standard InChI is InChI=1S/C16H22FNO/c1-12-10-13(4-7-16(12)17)8-9-18-11-14-2-5-15(19)6-3-14/h4,7,10,14,18H,2-3,5-6,8-9,11H2,1H3. The Bertz CT molecular complexity index is 434. The summed E-state index contributed by atoms with van der Waals surface area (Å²) in [6.45, 7) is 3.70. The van der Waals surface area contributed by atoms with Gasteiger partial charge in [0.1, 0.15) is 11.6 Å². The fraction of sp³-hybridized carbons (Fsp3) is 0.562. The summed E-state index contributed by atoms with van der Waals surface area (Å²) in [5.74, 6) is 0.925. The summed E-state index contributed by atoms with van der Waals surface area (Å²) in [6.07, 6.45) is 4.49. The van der Waals surface area contributed by atoms with Gasteiger partial charge in [0.2, 0.25) is 0 Å². The van der Waals surface area contributed by atoms with E-state index in [2.05, 4.69) is 5.32 Å². The Hall–Kier alpha value is -1.22. The summed E-state index contributed by atoms with van der Waals surface area (Å²) in [5, 5.41) is 3.45. The van der Waals surface area contributed by atoms with Crippen molar-refractivity contribution in [2.24, 2.45) is 5.92 Å². The van der Waals surface area contributed by atoms with E-state index < -0.39 is 0 Å². The Balaban J connectivity index is 1.66. The molecule has 0 spiro atoms. The Labute approximate surface area is 114 Å². The zero-order valence-corrected chi connectivity index (χ0v) is 11.5. The van der Waals surface area contributed by atoms with Crippen LogP contribution in [0, 0.1) is 18.7 Å². The molecule has 0 aliphatic heterocycles. The van der Waals surface area contributed by atoms with Gasteiger partial charge in [0.05, 0.1) is 0 Å². The smallest absolute Gasteiger partial charge is 0.132 e. The molecule has 0 radical (unpaired) electrons. The van der Waals surface area contributed by atoms with Crippen LogP contribution in [0.1, 0.15) is 36.8 Å². The molecule has 1 N–H and O–H groups in total. The number of ketones is 1. The molecular weight excluding hydrogens is 241 g/mol. The first-order chi connectivity index (χ1) is 9.15. The molecule has 0 aromatic heterocycles. The fourth-order valence-electron chi connectivity index (χ4n) is 2.60. The van der Waals surface area contributed by atoms with Crippen molar-refractivity contribution in [2.75, 3.05) is 13.1 Å². The summed E-state index contributed by atoms with van der Waals surface area (Å²) in [4.78, 5) is 11.1. The number of hydrogen-bond acceptors (Lipinski definition) is 2. The number of halogens is 1. The minimum atomic E-state index is -0.136. The summed E-state index contributed by atoms with van der Waals surface area (Å²) in [5.41, 5.74) is 1.88. The largest absolute Gasteiger partial charge is 0.316 e. The second kappa shape index (κ2) is 6.80. The highest BCUT2D eigenvalue weighted by Gasteiger charge is 2.17. The number of carbonyl (C=O) groups is 1. The van der Waals surface area contributed by atoms with E-state index in [0.717, 1.165) is 45.2 Å². The van der Waals surface area contributed by atoms with Gasteiger partial charge in [-0.1, -0.05) is 12.1 Å². The van der Waals surface area contributed by atoms with Gasteiger partial charge < -0.3 is 5.32 Å². The van der Waals surface area contributed by atoms with Crippen LogP contribution in [0.5, 0.6) is 0 Å². The molecule has 0 unspecified atom stereocenters. The second-order valence-corrected chi connectivity index (χ2v) is 5.52. The summed E-state index contributed by atoms with van der Waals surface area (Å²) < 4.78 is 13.1. The molecule has 1 aliphatic carbocycles. The number of aryl methyl sites for hydroxylation is 1. The number of nitrogens with one attached hydrogen (secondary N) is 1. The first kappa shape index (κ1) is 14.2. The third kappa shape index (κ3) is 4.43. The molecule has 3 heteroatoms. The lowest BCUT2D eigenvalue weighted by molar-refractivity contribution is -0.120. The van der Waals surface area contributed by atoms with Crippen molar-refractivity contribution < 1.29 is 9.18 Å². The molecule has 19 heavy (non-hydrogen) atoms. The van der Waals surface area contributed by atoms with Crippen LogP contribution in [-0.2, 0) is 11.2 Å². The molecule has 2 nitrogen and oxygen atoms in total. The second-order valence-electron chi connectivity index (χ2n) is 5.52. The minimum Gasteiger partial charge on any atom is -0.316 e. The van der Waals surface area contributed by atoms with Gasteiger partial charge in [0.15, 0.2) is 0 Å². The molecule has 1 saturated carbocycles. The highest BCUT2D eigenvalue weighted by atomic mass is 19.1. The molecule has 104 valence electrons. The van der Waals surface area contributed by atoms with E-state index in [4.69, 9.17) is 0 Å². The normalized spacial score (nSPS) is 16.8. The van der Waals surface area contributed by atoms with Crippen molar-refractivity contribution in [3.63, 3.8) is 0 Å². The maximum absolute atomic E-state index is 13.1. The van der Waals surface area contributed by atoms with Crippen LogP contribution in [0.2, 0.25) is 0 Å². The van der Waals surface area contributed by atoms with Crippen LogP contribution < -0.4 is 5.32 Å². The third-order valence-corrected chi connectivity index (χ3v) is 3.91. The molecule has 0 saturated heterocycles. The van der Waals surface area contributed by atoms with Crippen LogP contribution in [0.25, 0.3) is 0 Å². The molecule has 1 aromatic carbocycles. The number of hydrogen-bond donors (Lipinski definition) is 1. The summed E-state index contributed by atoms with van der Waals surface area (Å²) in [6, 6.07) is 5.30. The molecular formula is C16H22FNO. The lowest BCUT2D eigenvalue weighted by Gasteiger charge is -2.21. The van der Waals surface area contributed by atoms with Gasteiger partial charge in [0.25, 0.3) is 0 Å². The zero-order chi connectivity index (χ0) is 13.7. The Morgan fingerprint density at radius 1 is 1.32 bits per heavy atom. The lowest BCUT2D eigenvalue weighted by atomic mass is 9.88. The van der Waals surface area contributed by atoms with Gasteiger partial charge in [-0.2, -0.15) is 0 Å². The first-order valence-electron chi connectivity index (χ1n) is 7.12. The van der Waals surface area contributed by atoms with Crippen LogP contribution in [0.3, 0.4) is 0 Å². The molecule has 1 fully saturated rings. The quantitative estimate of drug-likeness (QED) is 0.827. The zero-order valence-electron chi connectivity index (χ0n) is 11.5. The predicted octanol–water partition coefficient (Wildman–Crippen LogP) is 3.03. The van der Waals surface area contributed by atoms with Gasteiger partial charge in [-0.25, -0.2) is 4.39 Å². The van der Waals surface area contributed by atoms with E-state index in [1.165, 1.54) is 11.6 Å². The van der Waals surface area contributed by atoms with Crippen molar-refractivity contribution in [2.45, 2.75) is 39.0 Å². The number of Topliss-reactive ketones (excluding diaryl/α,β-unsaturated/α-hetero) is 1. The van der Waals surface area contributed by atoms with Gasteiger partial charge in [0, 0.05) is 12.8 Å². The van der Waals surface area contributed by atoms with Gasteiger partial charge >= 0.3 is 0 Å². The fourth-order valence-corrected chi connectivity index (χ4v) is 2.60. The van der Waals surface area contributed by atoms with Gasteiger partial charge in [-0.15, -0.1) is 0 Å². The average Bonchev–Trinajstić information content (AvgIpc) is 2.41. The van der Waals surface area contributed by atoms with E-state index in [9.17, 15) is 9.18 Å². The SMILES string of the molecule is Cc1cc(CCNCC2CCC(=O)CC2)ccc1F. The molecule has 0 atom stereocenters. The maximum atomic E-state index is 13.1. The number of carbonyl (C=O) groups excluding carboxylic acids is 1. The van der Waals surface area contributed by atoms with Gasteiger partial charge in [-0.05, 0) is 62.4 Å². The van der Waals surface area contributed by atoms with Crippen molar-refractivity contribution in [3.05, 3.63) is 35.1 Å². The molecule has 0 bridgehead atoms. The predicted molar refractivity (Wildman–Crippen MR) is 74.7 cm³/mol. The first-order valence-corrected chi connectivity index (χ1v) is 7.12. The van der Waals surface area contributed by atoms with E-state index >= 15 is 0 Å². The average molecular weight is 263 g/mol. The molecule has 1 aliphatic rings. The van der Waals surface area contributed by atoms with E-state index in [0.29, 0.717) is 17.3 Å². The maximum Gasteiger partial charge on any atom is 0.132 e.